The molecule has 1 aromatic heterocycles. The molecule has 1 unspecified atom stereocenters. The molecule has 1 N–H and O–H groups in total. The smallest absolute Gasteiger partial charge is 0.213 e. The monoisotopic (exact) mass is 142 g/mol. The Bertz CT molecular complexity index is 174. The average molecular weight is 142 g/mol. The topological polar surface area (TPSA) is 59.2 Å². The molecule has 0 fully saturated rings. The van der Waals surface area contributed by atoms with E-state index < -0.39 is 6.10 Å². The average Bonchev–Trinajstić information content (AvgIpc) is 2.38. The van der Waals surface area contributed by atoms with Crippen molar-refractivity contribution in [2.24, 2.45) is 0 Å². The first kappa shape index (κ1) is 7.21. The molecule has 0 spiro atoms. The minimum Gasteiger partial charge on any atom is -0.385 e. The van der Waals surface area contributed by atoms with Gasteiger partial charge in [0.1, 0.15) is 6.10 Å². The standard InChI is InChI=1S/C6H10N2O2/c1-2-3-5(9)6-7-4-10-8-6/h4-5,9H,2-3H2,1H3. The first-order chi connectivity index (χ1) is 4.84. The molecule has 0 radical (unpaired) electrons. The van der Waals surface area contributed by atoms with Crippen molar-refractivity contribution < 1.29 is 9.63 Å². The molecule has 0 bridgehead atoms. The zero-order chi connectivity index (χ0) is 7.40. The van der Waals surface area contributed by atoms with Crippen LogP contribution in [0.2, 0.25) is 0 Å². The number of aromatic nitrogens is 2. The molecule has 10 heavy (non-hydrogen) atoms. The summed E-state index contributed by atoms with van der Waals surface area (Å²) < 4.78 is 4.46. The van der Waals surface area contributed by atoms with Gasteiger partial charge in [-0.2, -0.15) is 4.98 Å². The van der Waals surface area contributed by atoms with Crippen molar-refractivity contribution in [3.8, 4) is 0 Å². The summed E-state index contributed by atoms with van der Waals surface area (Å²) in [5, 5.41) is 12.7. The molecule has 0 saturated carbocycles. The number of rotatable bonds is 3. The largest absolute Gasteiger partial charge is 0.385 e. The van der Waals surface area contributed by atoms with Gasteiger partial charge in [-0.15, -0.1) is 0 Å². The molecule has 1 aromatic rings. The van der Waals surface area contributed by atoms with E-state index in [1.54, 1.807) is 0 Å². The summed E-state index contributed by atoms with van der Waals surface area (Å²) in [6.07, 6.45) is 2.24. The van der Waals surface area contributed by atoms with Gasteiger partial charge in [0.2, 0.25) is 6.39 Å². The lowest BCUT2D eigenvalue weighted by Gasteiger charge is -2.00. The van der Waals surface area contributed by atoms with Crippen LogP contribution in [0.15, 0.2) is 10.9 Å². The van der Waals surface area contributed by atoms with Crippen molar-refractivity contribution in [1.29, 1.82) is 0 Å². The molecule has 0 aliphatic carbocycles. The molecule has 1 atom stereocenters. The molecule has 0 aliphatic rings. The Morgan fingerprint density at radius 2 is 2.60 bits per heavy atom. The predicted molar refractivity (Wildman–Crippen MR) is 34.2 cm³/mol. The van der Waals surface area contributed by atoms with Crippen LogP contribution in [0.3, 0.4) is 0 Å². The fourth-order valence-electron chi connectivity index (χ4n) is 0.728. The van der Waals surface area contributed by atoms with Crippen LogP contribution in [0.4, 0.5) is 0 Å². The highest BCUT2D eigenvalue weighted by Crippen LogP contribution is 2.12. The third-order valence-corrected chi connectivity index (χ3v) is 1.24. The summed E-state index contributed by atoms with van der Waals surface area (Å²) in [6.45, 7) is 1.99. The van der Waals surface area contributed by atoms with Crippen molar-refractivity contribution in [3.63, 3.8) is 0 Å². The van der Waals surface area contributed by atoms with Crippen molar-refractivity contribution >= 4 is 0 Å². The minimum atomic E-state index is -0.566. The van der Waals surface area contributed by atoms with E-state index in [2.05, 4.69) is 14.7 Å². The molecular formula is C6H10N2O2. The molecule has 1 rings (SSSR count). The zero-order valence-electron chi connectivity index (χ0n) is 5.82. The second-order valence-electron chi connectivity index (χ2n) is 2.09. The van der Waals surface area contributed by atoms with Gasteiger partial charge in [-0.05, 0) is 6.42 Å². The van der Waals surface area contributed by atoms with Crippen LogP contribution in [0, 0.1) is 0 Å². The molecule has 0 aliphatic heterocycles. The van der Waals surface area contributed by atoms with Crippen molar-refractivity contribution in [2.75, 3.05) is 0 Å². The summed E-state index contributed by atoms with van der Waals surface area (Å²) >= 11 is 0. The van der Waals surface area contributed by atoms with Gasteiger partial charge >= 0.3 is 0 Å². The first-order valence-electron chi connectivity index (χ1n) is 3.29. The van der Waals surface area contributed by atoms with E-state index in [9.17, 15) is 5.11 Å². The summed E-state index contributed by atoms with van der Waals surface area (Å²) in [4.78, 5) is 3.71. The number of hydrogen-bond donors (Lipinski definition) is 1. The summed E-state index contributed by atoms with van der Waals surface area (Å²) in [5.41, 5.74) is 0. The maximum Gasteiger partial charge on any atom is 0.213 e. The van der Waals surface area contributed by atoms with Crippen LogP contribution < -0.4 is 0 Å². The SMILES string of the molecule is CCCC(O)c1ncon1. The van der Waals surface area contributed by atoms with Gasteiger partial charge in [0.25, 0.3) is 0 Å². The zero-order valence-corrected chi connectivity index (χ0v) is 5.82. The molecule has 0 saturated heterocycles. The molecule has 1 heterocycles. The lowest BCUT2D eigenvalue weighted by atomic mass is 10.2. The van der Waals surface area contributed by atoms with Crippen LogP contribution in [0.5, 0.6) is 0 Å². The van der Waals surface area contributed by atoms with Crippen LogP contribution in [-0.4, -0.2) is 15.2 Å². The van der Waals surface area contributed by atoms with Gasteiger partial charge in [0.15, 0.2) is 5.82 Å². The van der Waals surface area contributed by atoms with E-state index in [0.29, 0.717) is 12.2 Å². The maximum absolute atomic E-state index is 9.22. The molecule has 4 heteroatoms. The number of aliphatic hydroxyl groups excluding tert-OH is 1. The maximum atomic E-state index is 9.22. The highest BCUT2D eigenvalue weighted by atomic mass is 16.5. The summed E-state index contributed by atoms with van der Waals surface area (Å²) in [6, 6.07) is 0. The van der Waals surface area contributed by atoms with Gasteiger partial charge in [0, 0.05) is 0 Å². The normalized spacial score (nSPS) is 13.4. The first-order valence-corrected chi connectivity index (χ1v) is 3.29. The summed E-state index contributed by atoms with van der Waals surface area (Å²) in [5.74, 6) is 0.377. The van der Waals surface area contributed by atoms with Gasteiger partial charge in [-0.25, -0.2) is 0 Å². The highest BCUT2D eigenvalue weighted by Gasteiger charge is 2.09. The lowest BCUT2D eigenvalue weighted by molar-refractivity contribution is 0.153. The van der Waals surface area contributed by atoms with Crippen LogP contribution in [0.1, 0.15) is 31.7 Å². The van der Waals surface area contributed by atoms with Gasteiger partial charge < -0.3 is 9.63 Å². The van der Waals surface area contributed by atoms with Gasteiger partial charge in [-0.1, -0.05) is 18.5 Å². The number of nitrogens with zero attached hydrogens (tertiary/aromatic N) is 2. The van der Waals surface area contributed by atoms with Crippen LogP contribution >= 0.6 is 0 Å². The predicted octanol–water partition coefficient (Wildman–Crippen LogP) is 0.903. The Labute approximate surface area is 58.9 Å². The van der Waals surface area contributed by atoms with Crippen molar-refractivity contribution in [1.82, 2.24) is 10.1 Å². The minimum absolute atomic E-state index is 0.377. The second-order valence-corrected chi connectivity index (χ2v) is 2.09. The fourth-order valence-corrected chi connectivity index (χ4v) is 0.728. The van der Waals surface area contributed by atoms with Crippen molar-refractivity contribution in [3.05, 3.63) is 12.2 Å². The third-order valence-electron chi connectivity index (χ3n) is 1.24. The Kier molecular flexibility index (Phi) is 2.39. The third kappa shape index (κ3) is 1.54. The van der Waals surface area contributed by atoms with Crippen molar-refractivity contribution in [2.45, 2.75) is 25.9 Å². The van der Waals surface area contributed by atoms with E-state index in [1.807, 2.05) is 6.92 Å². The van der Waals surface area contributed by atoms with Crippen LogP contribution in [0.25, 0.3) is 0 Å². The summed E-state index contributed by atoms with van der Waals surface area (Å²) in [7, 11) is 0. The Hall–Kier alpha value is -0.900. The van der Waals surface area contributed by atoms with E-state index in [1.165, 1.54) is 6.39 Å². The van der Waals surface area contributed by atoms with E-state index in [0.717, 1.165) is 6.42 Å². The molecule has 4 nitrogen and oxygen atoms in total. The van der Waals surface area contributed by atoms with Gasteiger partial charge in [-0.3, -0.25) is 0 Å². The Balaban J connectivity index is 2.50. The molecular weight excluding hydrogens is 132 g/mol. The van der Waals surface area contributed by atoms with E-state index >= 15 is 0 Å². The molecule has 0 amide bonds. The van der Waals surface area contributed by atoms with Crippen LogP contribution in [-0.2, 0) is 0 Å². The van der Waals surface area contributed by atoms with E-state index in [-0.39, 0.29) is 0 Å². The lowest BCUT2D eigenvalue weighted by Crippen LogP contribution is -1.98. The fraction of sp³-hybridized carbons (Fsp3) is 0.667. The highest BCUT2D eigenvalue weighted by molar-refractivity contribution is 4.83. The van der Waals surface area contributed by atoms with Gasteiger partial charge in [0.05, 0.1) is 0 Å². The Morgan fingerprint density at radius 1 is 1.80 bits per heavy atom. The number of aliphatic hydroxyl groups is 1. The second kappa shape index (κ2) is 3.31. The number of hydrogen-bond acceptors (Lipinski definition) is 4. The quantitative estimate of drug-likeness (QED) is 0.681. The molecule has 0 aromatic carbocycles. The molecule has 56 valence electrons. The van der Waals surface area contributed by atoms with E-state index in [4.69, 9.17) is 0 Å². The Morgan fingerprint density at radius 3 is 3.10 bits per heavy atom.